The highest BCUT2D eigenvalue weighted by Gasteiger charge is 2.28. The van der Waals surface area contributed by atoms with E-state index in [0.29, 0.717) is 41.1 Å². The zero-order valence-corrected chi connectivity index (χ0v) is 24.0. The zero-order chi connectivity index (χ0) is 30.3. The maximum absolute atomic E-state index is 13.2. The molecular formula is C28H32FN9O5. The second-order valence-corrected chi connectivity index (χ2v) is 9.95. The van der Waals surface area contributed by atoms with Crippen LogP contribution in [0.2, 0.25) is 0 Å². The molecule has 4 aromatic rings. The first-order valence-electron chi connectivity index (χ1n) is 13.6. The minimum absolute atomic E-state index is 0.0239. The van der Waals surface area contributed by atoms with Gasteiger partial charge in [0.05, 0.1) is 26.1 Å². The van der Waals surface area contributed by atoms with Crippen LogP contribution in [-0.4, -0.2) is 69.1 Å². The number of aromatic nitrogens is 5. The summed E-state index contributed by atoms with van der Waals surface area (Å²) in [5.41, 5.74) is 10.3. The van der Waals surface area contributed by atoms with E-state index in [2.05, 4.69) is 43.0 Å². The van der Waals surface area contributed by atoms with Crippen molar-refractivity contribution in [3.05, 3.63) is 64.7 Å². The van der Waals surface area contributed by atoms with Gasteiger partial charge in [0.1, 0.15) is 12.4 Å². The highest BCUT2D eigenvalue weighted by molar-refractivity contribution is 5.94. The molecule has 2 aromatic heterocycles. The van der Waals surface area contributed by atoms with Crippen molar-refractivity contribution in [1.82, 2.24) is 35.6 Å². The number of hydrogen-bond donors (Lipinski definition) is 2. The Morgan fingerprint density at radius 1 is 1.19 bits per heavy atom. The number of likely N-dealkylation sites (tertiary alicyclic amines) is 1. The monoisotopic (exact) mass is 593 g/mol. The van der Waals surface area contributed by atoms with E-state index in [9.17, 15) is 9.18 Å². The molecule has 0 radical (unpaired) electrons. The van der Waals surface area contributed by atoms with Gasteiger partial charge in [0, 0.05) is 18.2 Å². The van der Waals surface area contributed by atoms with E-state index in [4.69, 9.17) is 24.6 Å². The van der Waals surface area contributed by atoms with Crippen molar-refractivity contribution < 1.29 is 28.0 Å². The number of carbonyl (C=O) groups excluding carboxylic acids is 1. The molecule has 226 valence electrons. The van der Waals surface area contributed by atoms with Crippen molar-refractivity contribution in [2.45, 2.75) is 45.4 Å². The second kappa shape index (κ2) is 13.3. The lowest BCUT2D eigenvalue weighted by Gasteiger charge is -2.33. The molecule has 14 nitrogen and oxygen atoms in total. The van der Waals surface area contributed by atoms with Gasteiger partial charge >= 0.3 is 0 Å². The number of methoxy groups -OCH3 is 2. The summed E-state index contributed by atoms with van der Waals surface area (Å²) in [6, 6.07) is 9.65. The number of hydrogen-bond acceptors (Lipinski definition) is 12. The topological polar surface area (TPSA) is 168 Å². The fourth-order valence-corrected chi connectivity index (χ4v) is 4.78. The van der Waals surface area contributed by atoms with Gasteiger partial charge in [0.2, 0.25) is 17.4 Å². The molecule has 0 saturated carbocycles. The Morgan fingerprint density at radius 2 is 1.93 bits per heavy atom. The van der Waals surface area contributed by atoms with Crippen LogP contribution >= 0.6 is 0 Å². The number of rotatable bonds is 11. The molecule has 2 aromatic carbocycles. The number of nitrogens with zero attached hydrogens (tertiary/aromatic N) is 7. The Kier molecular flexibility index (Phi) is 9.10. The van der Waals surface area contributed by atoms with E-state index >= 15 is 0 Å². The van der Waals surface area contributed by atoms with Crippen LogP contribution < -0.4 is 25.4 Å². The molecular weight excluding hydrogens is 561 g/mol. The fraction of sp³-hybridized carbons (Fsp3) is 0.357. The van der Waals surface area contributed by atoms with E-state index in [-0.39, 0.29) is 29.8 Å². The molecule has 5 rings (SSSR count). The van der Waals surface area contributed by atoms with Crippen molar-refractivity contribution in [2.24, 2.45) is 5.10 Å². The zero-order valence-electron chi connectivity index (χ0n) is 24.0. The maximum atomic E-state index is 13.2. The first kappa shape index (κ1) is 29.4. The molecule has 15 heteroatoms. The smallest absolute Gasteiger partial charge is 0.293 e. The molecule has 1 saturated heterocycles. The van der Waals surface area contributed by atoms with Gasteiger partial charge in [-0.3, -0.25) is 9.69 Å². The Morgan fingerprint density at radius 3 is 2.58 bits per heavy atom. The third-order valence-corrected chi connectivity index (χ3v) is 7.13. The fourth-order valence-electron chi connectivity index (χ4n) is 4.78. The number of piperidine rings is 1. The molecule has 1 fully saturated rings. The molecule has 1 aliphatic rings. The predicted octanol–water partition coefficient (Wildman–Crippen LogP) is 3.11. The third kappa shape index (κ3) is 6.72. The maximum Gasteiger partial charge on any atom is 0.293 e. The molecule has 1 unspecified atom stereocenters. The largest absolute Gasteiger partial charge is 0.493 e. The summed E-state index contributed by atoms with van der Waals surface area (Å²) < 4.78 is 36.3. The Labute approximate surface area is 246 Å². The van der Waals surface area contributed by atoms with Crippen LogP contribution in [0.25, 0.3) is 5.82 Å². The van der Waals surface area contributed by atoms with E-state index in [1.54, 1.807) is 24.3 Å². The Bertz CT molecular complexity index is 1560. The molecule has 0 bridgehead atoms. The van der Waals surface area contributed by atoms with Gasteiger partial charge in [0.15, 0.2) is 17.2 Å². The molecule has 0 aliphatic carbocycles. The van der Waals surface area contributed by atoms with E-state index in [1.165, 1.54) is 37.2 Å². The first-order chi connectivity index (χ1) is 20.9. The number of amides is 1. The Balaban J connectivity index is 1.34. The SMILES string of the molecule is COc1cc(C=NNC(=O)c2nnn(-c3nonc3N)c2CN2CCCCC2C)cc(OC)c1OCc1ccc(F)cc1. The van der Waals surface area contributed by atoms with Gasteiger partial charge in [-0.05, 0) is 66.5 Å². The normalized spacial score (nSPS) is 15.5. The lowest BCUT2D eigenvalue weighted by atomic mass is 10.0. The summed E-state index contributed by atoms with van der Waals surface area (Å²) >= 11 is 0. The molecule has 0 spiro atoms. The Hall–Kier alpha value is -5.05. The van der Waals surface area contributed by atoms with Gasteiger partial charge in [-0.1, -0.05) is 23.8 Å². The van der Waals surface area contributed by atoms with Gasteiger partial charge in [-0.25, -0.2) is 14.4 Å². The second-order valence-electron chi connectivity index (χ2n) is 9.95. The number of nitrogen functional groups attached to an aromatic ring is 1. The van der Waals surface area contributed by atoms with E-state index < -0.39 is 5.91 Å². The summed E-state index contributed by atoms with van der Waals surface area (Å²) in [5, 5.41) is 19.8. The van der Waals surface area contributed by atoms with Crippen LogP contribution in [0.1, 0.15) is 53.5 Å². The number of ether oxygens (including phenoxy) is 3. The van der Waals surface area contributed by atoms with Crippen LogP contribution in [0.15, 0.2) is 46.1 Å². The number of halogens is 1. The molecule has 3 heterocycles. The van der Waals surface area contributed by atoms with Crippen LogP contribution in [-0.2, 0) is 13.2 Å². The molecule has 43 heavy (non-hydrogen) atoms. The summed E-state index contributed by atoms with van der Waals surface area (Å²) in [6.07, 6.45) is 4.68. The summed E-state index contributed by atoms with van der Waals surface area (Å²) in [4.78, 5) is 15.5. The number of nitrogens with two attached hydrogens (primary N) is 1. The summed E-state index contributed by atoms with van der Waals surface area (Å²) in [5.74, 6) is 0.402. The van der Waals surface area contributed by atoms with Gasteiger partial charge in [-0.2, -0.15) is 9.78 Å². The molecule has 1 amide bonds. The van der Waals surface area contributed by atoms with Crippen molar-refractivity contribution in [1.29, 1.82) is 0 Å². The van der Waals surface area contributed by atoms with Gasteiger partial charge in [-0.15, -0.1) is 5.10 Å². The van der Waals surface area contributed by atoms with E-state index in [0.717, 1.165) is 31.4 Å². The lowest BCUT2D eigenvalue weighted by molar-refractivity contribution is 0.0945. The third-order valence-electron chi connectivity index (χ3n) is 7.13. The summed E-state index contributed by atoms with van der Waals surface area (Å²) in [6.45, 7) is 3.57. The van der Waals surface area contributed by atoms with Crippen LogP contribution in [0.4, 0.5) is 10.2 Å². The standard InChI is InChI=1S/C28H32FN9O5/c1-17-6-4-5-11-37(17)15-21-24(32-36-38(21)27-26(30)34-43-35-27)28(39)33-31-14-19-12-22(40-2)25(23(13-19)41-3)42-16-18-7-9-20(29)10-8-18/h7-10,12-14,17H,4-6,11,15-16H2,1-3H3,(H2,30,34)(H,33,39). The number of benzene rings is 2. The molecule has 1 atom stereocenters. The molecule has 1 aliphatic heterocycles. The first-order valence-corrected chi connectivity index (χ1v) is 13.6. The van der Waals surface area contributed by atoms with Crippen molar-refractivity contribution >= 4 is 17.9 Å². The number of hydrazone groups is 1. The predicted molar refractivity (Wildman–Crippen MR) is 153 cm³/mol. The van der Waals surface area contributed by atoms with Crippen molar-refractivity contribution in [3.63, 3.8) is 0 Å². The van der Waals surface area contributed by atoms with E-state index in [1.807, 2.05) is 0 Å². The van der Waals surface area contributed by atoms with Gasteiger partial charge in [0.25, 0.3) is 5.91 Å². The average Bonchev–Trinajstić information content (AvgIpc) is 3.63. The number of carbonyl (C=O) groups is 1. The van der Waals surface area contributed by atoms with Crippen LogP contribution in [0, 0.1) is 5.82 Å². The average molecular weight is 594 g/mol. The quantitative estimate of drug-likeness (QED) is 0.194. The van der Waals surface area contributed by atoms with Crippen molar-refractivity contribution in [2.75, 3.05) is 26.5 Å². The van der Waals surface area contributed by atoms with Gasteiger partial charge < -0.3 is 19.9 Å². The lowest BCUT2D eigenvalue weighted by Crippen LogP contribution is -2.38. The minimum atomic E-state index is -0.574. The summed E-state index contributed by atoms with van der Waals surface area (Å²) in [7, 11) is 2.99. The molecule has 3 N–H and O–H groups in total. The number of nitrogens with one attached hydrogen (secondary N) is 1. The van der Waals surface area contributed by atoms with Crippen LogP contribution in [0.3, 0.4) is 0 Å². The van der Waals surface area contributed by atoms with Crippen LogP contribution in [0.5, 0.6) is 17.2 Å². The highest BCUT2D eigenvalue weighted by Crippen LogP contribution is 2.38. The number of anilines is 1. The minimum Gasteiger partial charge on any atom is -0.493 e. The highest BCUT2D eigenvalue weighted by atomic mass is 19.1. The van der Waals surface area contributed by atoms with Crippen molar-refractivity contribution in [3.8, 4) is 23.1 Å².